The lowest BCUT2D eigenvalue weighted by molar-refractivity contribution is 0.145. The van der Waals surface area contributed by atoms with Gasteiger partial charge in [0.05, 0.1) is 0 Å². The molecule has 2 unspecified atom stereocenters. The smallest absolute Gasteiger partial charge is 0.317 e. The molecule has 3 rings (SSSR count). The fraction of sp³-hybridized carbons (Fsp3) is 0.435. The molecule has 138 valence electrons. The number of piperidine rings is 1. The van der Waals surface area contributed by atoms with Gasteiger partial charge in [-0.15, -0.1) is 0 Å². The first-order valence-corrected chi connectivity index (χ1v) is 9.89. The van der Waals surface area contributed by atoms with Gasteiger partial charge in [-0.3, -0.25) is 0 Å². The third-order valence-electron chi connectivity index (χ3n) is 5.49. The average Bonchev–Trinajstić information content (AvgIpc) is 2.69. The highest BCUT2D eigenvalue weighted by atomic mass is 16.2. The minimum Gasteiger partial charge on any atom is -0.338 e. The van der Waals surface area contributed by atoms with E-state index in [0.717, 1.165) is 45.2 Å². The molecule has 1 aliphatic rings. The van der Waals surface area contributed by atoms with Crippen LogP contribution < -0.4 is 5.32 Å². The number of benzene rings is 2. The summed E-state index contributed by atoms with van der Waals surface area (Å²) in [6, 6.07) is 21.5. The number of aryl methyl sites for hydroxylation is 1. The molecule has 1 heterocycles. The molecule has 2 atom stereocenters. The van der Waals surface area contributed by atoms with Crippen LogP contribution in [0.2, 0.25) is 0 Å². The van der Waals surface area contributed by atoms with Crippen molar-refractivity contribution < 1.29 is 4.79 Å². The number of carbonyl (C=O) groups excluding carboxylic acids is 1. The molecular weight excluding hydrogens is 320 g/mol. The summed E-state index contributed by atoms with van der Waals surface area (Å²) >= 11 is 0. The van der Waals surface area contributed by atoms with E-state index in [1.165, 1.54) is 11.1 Å². The lowest BCUT2D eigenvalue weighted by Gasteiger charge is -2.39. The van der Waals surface area contributed by atoms with Crippen molar-refractivity contribution in [2.45, 2.75) is 51.0 Å². The summed E-state index contributed by atoms with van der Waals surface area (Å²) in [4.78, 5) is 14.7. The lowest BCUT2D eigenvalue weighted by atomic mass is 9.84. The number of carbonyl (C=O) groups is 1. The monoisotopic (exact) mass is 350 g/mol. The second-order valence-corrected chi connectivity index (χ2v) is 7.27. The number of amides is 2. The predicted molar refractivity (Wildman–Crippen MR) is 107 cm³/mol. The van der Waals surface area contributed by atoms with Gasteiger partial charge in [-0.05, 0) is 50.2 Å². The molecular formula is C23H30N2O. The first kappa shape index (κ1) is 18.5. The van der Waals surface area contributed by atoms with Crippen molar-refractivity contribution in [3.05, 3.63) is 71.8 Å². The van der Waals surface area contributed by atoms with Crippen LogP contribution in [0.3, 0.4) is 0 Å². The highest BCUT2D eigenvalue weighted by Crippen LogP contribution is 2.32. The van der Waals surface area contributed by atoms with Gasteiger partial charge in [-0.2, -0.15) is 0 Å². The zero-order valence-corrected chi connectivity index (χ0v) is 15.7. The van der Waals surface area contributed by atoms with E-state index in [1.54, 1.807) is 0 Å². The van der Waals surface area contributed by atoms with Crippen LogP contribution >= 0.6 is 0 Å². The normalized spacial score (nSPS) is 20.0. The van der Waals surface area contributed by atoms with Gasteiger partial charge in [0.1, 0.15) is 0 Å². The maximum absolute atomic E-state index is 12.6. The van der Waals surface area contributed by atoms with Gasteiger partial charge in [0, 0.05) is 25.0 Å². The van der Waals surface area contributed by atoms with Crippen molar-refractivity contribution in [2.75, 3.05) is 13.1 Å². The largest absolute Gasteiger partial charge is 0.338 e. The van der Waals surface area contributed by atoms with Crippen molar-refractivity contribution in [3.63, 3.8) is 0 Å². The van der Waals surface area contributed by atoms with Gasteiger partial charge in [-0.1, -0.05) is 60.7 Å². The fourth-order valence-corrected chi connectivity index (χ4v) is 3.97. The number of likely N-dealkylation sites (tertiary alicyclic amines) is 1. The molecule has 26 heavy (non-hydrogen) atoms. The third-order valence-corrected chi connectivity index (χ3v) is 5.49. The summed E-state index contributed by atoms with van der Waals surface area (Å²) in [6.07, 6.45) is 5.43. The van der Waals surface area contributed by atoms with E-state index in [-0.39, 0.29) is 12.1 Å². The van der Waals surface area contributed by atoms with Crippen LogP contribution in [-0.2, 0) is 6.42 Å². The van der Waals surface area contributed by atoms with Gasteiger partial charge in [-0.25, -0.2) is 4.79 Å². The predicted octanol–water partition coefficient (Wildman–Crippen LogP) is 4.99. The van der Waals surface area contributed by atoms with E-state index < -0.39 is 0 Å². The van der Waals surface area contributed by atoms with Crippen molar-refractivity contribution in [1.29, 1.82) is 0 Å². The van der Waals surface area contributed by atoms with E-state index in [0.29, 0.717) is 5.92 Å². The first-order chi connectivity index (χ1) is 12.8. The van der Waals surface area contributed by atoms with Crippen LogP contribution in [-0.4, -0.2) is 30.1 Å². The SMILES string of the molecule is CC1C(c2ccccc2)CCCN1C(=O)NCCCCc1ccccc1. The van der Waals surface area contributed by atoms with E-state index in [2.05, 4.69) is 66.8 Å². The Balaban J connectivity index is 1.43. The molecule has 2 aromatic carbocycles. The number of nitrogens with one attached hydrogen (secondary N) is 1. The zero-order chi connectivity index (χ0) is 18.2. The van der Waals surface area contributed by atoms with Crippen molar-refractivity contribution in [3.8, 4) is 0 Å². The average molecular weight is 351 g/mol. The van der Waals surface area contributed by atoms with Crippen LogP contribution in [0.15, 0.2) is 60.7 Å². The maximum atomic E-state index is 12.6. The van der Waals surface area contributed by atoms with Gasteiger partial charge >= 0.3 is 6.03 Å². The molecule has 0 saturated carbocycles. The van der Waals surface area contributed by atoms with Crippen LogP contribution in [0.5, 0.6) is 0 Å². The molecule has 1 fully saturated rings. The first-order valence-electron chi connectivity index (χ1n) is 9.89. The number of hydrogen-bond donors (Lipinski definition) is 1. The Hall–Kier alpha value is -2.29. The third kappa shape index (κ3) is 4.87. The van der Waals surface area contributed by atoms with E-state index in [1.807, 2.05) is 11.0 Å². The molecule has 0 aromatic heterocycles. The van der Waals surface area contributed by atoms with Crippen molar-refractivity contribution in [2.24, 2.45) is 0 Å². The Kier molecular flexibility index (Phi) is 6.70. The molecule has 0 aliphatic carbocycles. The fourth-order valence-electron chi connectivity index (χ4n) is 3.97. The van der Waals surface area contributed by atoms with Crippen molar-refractivity contribution in [1.82, 2.24) is 10.2 Å². The number of hydrogen-bond acceptors (Lipinski definition) is 1. The second-order valence-electron chi connectivity index (χ2n) is 7.27. The molecule has 1 aliphatic heterocycles. The van der Waals surface area contributed by atoms with Gasteiger partial charge in [0.2, 0.25) is 0 Å². The van der Waals surface area contributed by atoms with Crippen molar-refractivity contribution >= 4 is 6.03 Å². The van der Waals surface area contributed by atoms with Crippen LogP contribution in [0.1, 0.15) is 49.7 Å². The Morgan fingerprint density at radius 2 is 1.73 bits per heavy atom. The molecule has 3 heteroatoms. The Labute approximate surface area is 157 Å². The molecule has 0 spiro atoms. The topological polar surface area (TPSA) is 32.3 Å². The molecule has 1 N–H and O–H groups in total. The van der Waals surface area contributed by atoms with Gasteiger partial charge in [0.15, 0.2) is 0 Å². The lowest BCUT2D eigenvalue weighted by Crippen LogP contribution is -2.50. The quantitative estimate of drug-likeness (QED) is 0.732. The molecule has 2 aromatic rings. The molecule has 3 nitrogen and oxygen atoms in total. The summed E-state index contributed by atoms with van der Waals surface area (Å²) < 4.78 is 0. The Morgan fingerprint density at radius 1 is 1.04 bits per heavy atom. The summed E-state index contributed by atoms with van der Waals surface area (Å²) in [6.45, 7) is 3.80. The van der Waals surface area contributed by atoms with E-state index >= 15 is 0 Å². The van der Waals surface area contributed by atoms with Gasteiger partial charge < -0.3 is 10.2 Å². The highest BCUT2D eigenvalue weighted by molar-refractivity contribution is 5.74. The second kappa shape index (κ2) is 9.42. The van der Waals surface area contributed by atoms with Crippen LogP contribution in [0.25, 0.3) is 0 Å². The van der Waals surface area contributed by atoms with E-state index in [4.69, 9.17) is 0 Å². The van der Waals surface area contributed by atoms with Crippen LogP contribution in [0, 0.1) is 0 Å². The summed E-state index contributed by atoms with van der Waals surface area (Å²) in [5.41, 5.74) is 2.72. The van der Waals surface area contributed by atoms with Crippen LogP contribution in [0.4, 0.5) is 4.79 Å². The minimum absolute atomic E-state index is 0.0952. The molecule has 0 radical (unpaired) electrons. The summed E-state index contributed by atoms with van der Waals surface area (Å²) in [5.74, 6) is 0.439. The summed E-state index contributed by atoms with van der Waals surface area (Å²) in [5, 5.41) is 3.13. The summed E-state index contributed by atoms with van der Waals surface area (Å²) in [7, 11) is 0. The Morgan fingerprint density at radius 3 is 2.46 bits per heavy atom. The molecule has 1 saturated heterocycles. The number of nitrogens with zero attached hydrogens (tertiary/aromatic N) is 1. The molecule has 2 amide bonds. The number of rotatable bonds is 6. The highest BCUT2D eigenvalue weighted by Gasteiger charge is 2.31. The Bertz CT molecular complexity index is 671. The zero-order valence-electron chi connectivity index (χ0n) is 15.7. The standard InChI is InChI=1S/C23H30N2O/c1-19-22(21-14-6-3-7-15-21)16-10-18-25(19)23(26)24-17-9-8-13-20-11-4-2-5-12-20/h2-7,11-12,14-15,19,22H,8-10,13,16-18H2,1H3,(H,24,26). The minimum atomic E-state index is 0.0952. The van der Waals surface area contributed by atoms with Gasteiger partial charge in [0.25, 0.3) is 0 Å². The molecule has 0 bridgehead atoms. The number of unbranched alkanes of at least 4 members (excludes halogenated alkanes) is 1. The number of urea groups is 1. The maximum Gasteiger partial charge on any atom is 0.317 e. The van der Waals surface area contributed by atoms with E-state index in [9.17, 15) is 4.79 Å².